The fourth-order valence-corrected chi connectivity index (χ4v) is 3.88. The monoisotopic (exact) mass is 411 g/mol. The Labute approximate surface area is 164 Å². The van der Waals surface area contributed by atoms with Gasteiger partial charge < -0.3 is 9.88 Å². The van der Waals surface area contributed by atoms with E-state index in [0.29, 0.717) is 16.7 Å². The smallest absolute Gasteiger partial charge is 0.232 e. The Balaban J connectivity index is 2.10. The molecule has 10 heteroatoms. The van der Waals surface area contributed by atoms with Crippen LogP contribution >= 0.6 is 11.8 Å². The van der Waals surface area contributed by atoms with Crippen LogP contribution in [0.25, 0.3) is 0 Å². The summed E-state index contributed by atoms with van der Waals surface area (Å²) in [6.45, 7) is 4.02. The lowest BCUT2D eigenvalue weighted by Crippen LogP contribution is -2.33. The Morgan fingerprint density at radius 2 is 1.96 bits per heavy atom. The molecule has 148 valence electrons. The number of nitrogens with one attached hydrogen (secondary N) is 1. The lowest BCUT2D eigenvalue weighted by Gasteiger charge is -2.21. The highest BCUT2D eigenvalue weighted by Gasteiger charge is 2.21. The second-order valence-electron chi connectivity index (χ2n) is 6.23. The molecule has 2 rings (SSSR count). The lowest BCUT2D eigenvalue weighted by molar-refractivity contribution is -0.119. The Kier molecular flexibility index (Phi) is 7.25. The van der Waals surface area contributed by atoms with Crippen molar-refractivity contribution in [1.29, 1.82) is 0 Å². The van der Waals surface area contributed by atoms with Gasteiger partial charge in [-0.1, -0.05) is 36.9 Å². The van der Waals surface area contributed by atoms with E-state index in [2.05, 4.69) is 15.5 Å². The van der Waals surface area contributed by atoms with Crippen molar-refractivity contribution in [3.63, 3.8) is 0 Å². The van der Waals surface area contributed by atoms with E-state index in [0.717, 1.165) is 12.7 Å². The molecule has 1 aromatic carbocycles. The fraction of sp³-hybridized carbons (Fsp3) is 0.471. The number of anilines is 1. The Morgan fingerprint density at radius 1 is 1.30 bits per heavy atom. The number of rotatable bonds is 9. The standard InChI is InChI=1S/C17H25N5O3S2/c1-5-13(2)18-16(23)12-26-17-20-19-15(21(17)3)11-22(27(4,24)25)14-9-7-6-8-10-14/h6-10,13H,5,11-12H2,1-4H3,(H,18,23). The number of benzene rings is 1. The molecular formula is C17H25N5O3S2. The maximum Gasteiger partial charge on any atom is 0.232 e. The maximum absolute atomic E-state index is 12.2. The molecule has 0 aliphatic heterocycles. The van der Waals surface area contributed by atoms with E-state index in [-0.39, 0.29) is 24.2 Å². The van der Waals surface area contributed by atoms with Crippen molar-refractivity contribution in [2.45, 2.75) is 38.0 Å². The normalized spacial score (nSPS) is 12.6. The highest BCUT2D eigenvalue weighted by atomic mass is 32.2. The summed E-state index contributed by atoms with van der Waals surface area (Å²) in [4.78, 5) is 11.9. The van der Waals surface area contributed by atoms with Crippen LogP contribution in [0.1, 0.15) is 26.1 Å². The summed E-state index contributed by atoms with van der Waals surface area (Å²) in [5.41, 5.74) is 0.560. The van der Waals surface area contributed by atoms with E-state index in [1.165, 1.54) is 16.1 Å². The van der Waals surface area contributed by atoms with E-state index in [1.807, 2.05) is 19.9 Å². The summed E-state index contributed by atoms with van der Waals surface area (Å²) in [6.07, 6.45) is 2.02. The topological polar surface area (TPSA) is 97.2 Å². The first-order valence-corrected chi connectivity index (χ1v) is 11.4. The molecule has 0 spiro atoms. The van der Waals surface area contributed by atoms with Gasteiger partial charge in [0.05, 0.1) is 24.2 Å². The van der Waals surface area contributed by atoms with E-state index in [4.69, 9.17) is 0 Å². The first-order valence-electron chi connectivity index (χ1n) is 8.55. The minimum Gasteiger partial charge on any atom is -0.353 e. The van der Waals surface area contributed by atoms with Crippen LogP contribution in [0.5, 0.6) is 0 Å². The van der Waals surface area contributed by atoms with Crippen molar-refractivity contribution in [3.05, 3.63) is 36.2 Å². The summed E-state index contributed by atoms with van der Waals surface area (Å²) in [6, 6.07) is 8.97. The van der Waals surface area contributed by atoms with Gasteiger partial charge in [-0.2, -0.15) is 0 Å². The summed E-state index contributed by atoms with van der Waals surface area (Å²) in [5.74, 6) is 0.653. The van der Waals surface area contributed by atoms with Gasteiger partial charge in [-0.15, -0.1) is 10.2 Å². The third-order valence-corrected chi connectivity index (χ3v) is 6.17. The average Bonchev–Trinajstić information content (AvgIpc) is 2.97. The number of nitrogens with zero attached hydrogens (tertiary/aromatic N) is 4. The zero-order valence-corrected chi connectivity index (χ0v) is 17.5. The number of amides is 1. The highest BCUT2D eigenvalue weighted by Crippen LogP contribution is 2.21. The predicted molar refractivity (Wildman–Crippen MR) is 107 cm³/mol. The van der Waals surface area contributed by atoms with Gasteiger partial charge in [0, 0.05) is 13.1 Å². The van der Waals surface area contributed by atoms with Crippen molar-refractivity contribution in [3.8, 4) is 0 Å². The van der Waals surface area contributed by atoms with Gasteiger partial charge >= 0.3 is 0 Å². The van der Waals surface area contributed by atoms with Crippen LogP contribution in [0.2, 0.25) is 0 Å². The molecule has 8 nitrogen and oxygen atoms in total. The molecule has 1 amide bonds. The predicted octanol–water partition coefficient (Wildman–Crippen LogP) is 1.79. The molecule has 0 aliphatic rings. The molecule has 0 saturated heterocycles. The van der Waals surface area contributed by atoms with E-state index >= 15 is 0 Å². The average molecular weight is 412 g/mol. The summed E-state index contributed by atoms with van der Waals surface area (Å²) >= 11 is 1.27. The molecule has 1 heterocycles. The highest BCUT2D eigenvalue weighted by molar-refractivity contribution is 7.99. The van der Waals surface area contributed by atoms with E-state index < -0.39 is 10.0 Å². The quantitative estimate of drug-likeness (QED) is 0.632. The van der Waals surface area contributed by atoms with Crippen molar-refractivity contribution < 1.29 is 13.2 Å². The SMILES string of the molecule is CCC(C)NC(=O)CSc1nnc(CN(c2ccccc2)S(C)(=O)=O)n1C. The number of carbonyl (C=O) groups excluding carboxylic acids is 1. The van der Waals surface area contributed by atoms with Crippen LogP contribution in [0, 0.1) is 0 Å². The fourth-order valence-electron chi connectivity index (χ4n) is 2.28. The number of carbonyl (C=O) groups is 1. The van der Waals surface area contributed by atoms with Crippen LogP contribution in [-0.2, 0) is 28.4 Å². The summed E-state index contributed by atoms with van der Waals surface area (Å²) < 4.78 is 27.4. The van der Waals surface area contributed by atoms with Gasteiger partial charge in [0.1, 0.15) is 0 Å². The number of hydrogen-bond donors (Lipinski definition) is 1. The van der Waals surface area contributed by atoms with Crippen molar-refractivity contribution in [1.82, 2.24) is 20.1 Å². The minimum atomic E-state index is -3.48. The maximum atomic E-state index is 12.2. The molecule has 1 aromatic heterocycles. The second-order valence-corrected chi connectivity index (χ2v) is 9.08. The van der Waals surface area contributed by atoms with Gasteiger partial charge in [-0.3, -0.25) is 9.10 Å². The molecular weight excluding hydrogens is 386 g/mol. The van der Waals surface area contributed by atoms with Gasteiger partial charge in [0.25, 0.3) is 0 Å². The Bertz CT molecular complexity index is 868. The molecule has 0 fully saturated rings. The number of sulfonamides is 1. The Morgan fingerprint density at radius 3 is 2.56 bits per heavy atom. The molecule has 0 bridgehead atoms. The second kappa shape index (κ2) is 9.23. The molecule has 1 unspecified atom stereocenters. The third-order valence-electron chi connectivity index (χ3n) is 4.01. The van der Waals surface area contributed by atoms with Crippen LogP contribution in [0.3, 0.4) is 0 Å². The van der Waals surface area contributed by atoms with Crippen LogP contribution in [-0.4, -0.2) is 47.1 Å². The lowest BCUT2D eigenvalue weighted by atomic mass is 10.3. The first-order chi connectivity index (χ1) is 12.7. The zero-order chi connectivity index (χ0) is 20.0. The number of thioether (sulfide) groups is 1. The summed E-state index contributed by atoms with van der Waals surface area (Å²) in [5, 5.41) is 11.6. The van der Waals surface area contributed by atoms with Gasteiger partial charge in [-0.25, -0.2) is 8.42 Å². The molecule has 0 aliphatic carbocycles. The third kappa shape index (κ3) is 5.96. The number of hydrogen-bond acceptors (Lipinski definition) is 6. The minimum absolute atomic E-state index is 0.0615. The largest absolute Gasteiger partial charge is 0.353 e. The van der Waals surface area contributed by atoms with Gasteiger partial charge in [0.2, 0.25) is 15.9 Å². The van der Waals surface area contributed by atoms with Crippen molar-refractivity contribution in [2.24, 2.45) is 7.05 Å². The number of aromatic nitrogens is 3. The first kappa shape index (κ1) is 21.2. The number of para-hydroxylation sites is 1. The molecule has 27 heavy (non-hydrogen) atoms. The molecule has 0 radical (unpaired) electrons. The van der Waals surface area contributed by atoms with E-state index in [1.54, 1.807) is 35.9 Å². The van der Waals surface area contributed by atoms with Crippen molar-refractivity contribution in [2.75, 3.05) is 16.3 Å². The zero-order valence-electron chi connectivity index (χ0n) is 15.9. The summed E-state index contributed by atoms with van der Waals surface area (Å²) in [7, 11) is -1.72. The van der Waals surface area contributed by atoms with E-state index in [9.17, 15) is 13.2 Å². The van der Waals surface area contributed by atoms with Crippen LogP contribution < -0.4 is 9.62 Å². The Hall–Kier alpha value is -2.07. The molecule has 1 atom stereocenters. The molecule has 0 saturated carbocycles. The molecule has 2 aromatic rings. The van der Waals surface area contributed by atoms with Crippen molar-refractivity contribution >= 4 is 33.4 Å². The van der Waals surface area contributed by atoms with Gasteiger partial charge in [0.15, 0.2) is 11.0 Å². The van der Waals surface area contributed by atoms with Gasteiger partial charge in [-0.05, 0) is 25.5 Å². The molecule has 1 N–H and O–H groups in total. The van der Waals surface area contributed by atoms with Crippen LogP contribution in [0.4, 0.5) is 5.69 Å². The van der Waals surface area contributed by atoms with Crippen LogP contribution in [0.15, 0.2) is 35.5 Å².